The van der Waals surface area contributed by atoms with Crippen LogP contribution < -0.4 is 5.73 Å². The van der Waals surface area contributed by atoms with Crippen LogP contribution in [0.25, 0.3) is 0 Å². The number of nitrogens with two attached hydrogens (primary N) is 1. The lowest BCUT2D eigenvalue weighted by Gasteiger charge is -2.17. The molecule has 15 heavy (non-hydrogen) atoms. The van der Waals surface area contributed by atoms with E-state index in [1.54, 1.807) is 0 Å². The third kappa shape index (κ3) is 3.67. The number of rotatable bonds is 5. The van der Waals surface area contributed by atoms with Crippen LogP contribution in [0, 0.1) is 13.8 Å². The Balaban J connectivity index is 2.88. The summed E-state index contributed by atoms with van der Waals surface area (Å²) >= 11 is 0. The number of aryl methyl sites for hydroxylation is 2. The predicted octanol–water partition coefficient (Wildman–Crippen LogP) is 3.54. The minimum Gasteiger partial charge on any atom is -0.330 e. The molecule has 0 saturated heterocycles. The zero-order valence-electron chi connectivity index (χ0n) is 10.2. The van der Waals surface area contributed by atoms with Crippen LogP contribution in [0.3, 0.4) is 0 Å². The van der Waals surface area contributed by atoms with Gasteiger partial charge in [-0.25, -0.2) is 0 Å². The molecule has 0 saturated carbocycles. The lowest BCUT2D eigenvalue weighted by Crippen LogP contribution is -2.07. The van der Waals surface area contributed by atoms with E-state index in [2.05, 4.69) is 39.0 Å². The molecule has 0 amide bonds. The Morgan fingerprint density at radius 2 is 1.67 bits per heavy atom. The normalized spacial score (nSPS) is 12.8. The number of hydrogen-bond acceptors (Lipinski definition) is 1. The first-order chi connectivity index (χ1) is 7.17. The summed E-state index contributed by atoms with van der Waals surface area (Å²) < 4.78 is 0. The second-order valence-electron chi connectivity index (χ2n) is 4.48. The van der Waals surface area contributed by atoms with E-state index in [4.69, 9.17) is 5.73 Å². The molecule has 0 bridgehead atoms. The van der Waals surface area contributed by atoms with Gasteiger partial charge in [0.25, 0.3) is 0 Å². The molecule has 84 valence electrons. The molecule has 0 aromatic heterocycles. The van der Waals surface area contributed by atoms with Crippen molar-refractivity contribution in [2.24, 2.45) is 5.73 Å². The largest absolute Gasteiger partial charge is 0.330 e. The van der Waals surface area contributed by atoms with Gasteiger partial charge in [0.15, 0.2) is 0 Å². The third-order valence-corrected chi connectivity index (χ3v) is 2.87. The molecule has 0 spiro atoms. The van der Waals surface area contributed by atoms with Gasteiger partial charge >= 0.3 is 0 Å². The van der Waals surface area contributed by atoms with Gasteiger partial charge in [-0.05, 0) is 44.7 Å². The minimum absolute atomic E-state index is 0.651. The van der Waals surface area contributed by atoms with Crippen LogP contribution in [0.15, 0.2) is 18.2 Å². The summed E-state index contributed by atoms with van der Waals surface area (Å²) in [7, 11) is 0. The Morgan fingerprint density at radius 3 is 2.13 bits per heavy atom. The van der Waals surface area contributed by atoms with Crippen molar-refractivity contribution in [2.75, 3.05) is 6.54 Å². The molecule has 0 aliphatic carbocycles. The summed E-state index contributed by atoms with van der Waals surface area (Å²) in [5, 5.41) is 0. The Hall–Kier alpha value is -0.820. The molecular formula is C14H23N. The molecule has 0 aliphatic heterocycles. The van der Waals surface area contributed by atoms with E-state index in [-0.39, 0.29) is 0 Å². The van der Waals surface area contributed by atoms with Gasteiger partial charge in [0.05, 0.1) is 0 Å². The van der Waals surface area contributed by atoms with Gasteiger partial charge < -0.3 is 5.73 Å². The molecule has 1 aromatic rings. The summed E-state index contributed by atoms with van der Waals surface area (Å²) in [5.41, 5.74) is 9.87. The highest BCUT2D eigenvalue weighted by atomic mass is 14.5. The van der Waals surface area contributed by atoms with Crippen LogP contribution in [0.4, 0.5) is 0 Å². The number of hydrogen-bond donors (Lipinski definition) is 1. The summed E-state index contributed by atoms with van der Waals surface area (Å²) in [5.74, 6) is 0.651. The monoisotopic (exact) mass is 205 g/mol. The van der Waals surface area contributed by atoms with Crippen LogP contribution >= 0.6 is 0 Å². The maximum atomic E-state index is 5.67. The maximum Gasteiger partial charge on any atom is -0.00714 e. The Bertz CT molecular complexity index is 278. The zero-order valence-corrected chi connectivity index (χ0v) is 10.2. The Kier molecular flexibility index (Phi) is 4.83. The van der Waals surface area contributed by atoms with Gasteiger partial charge in [0.1, 0.15) is 0 Å². The topological polar surface area (TPSA) is 26.0 Å². The third-order valence-electron chi connectivity index (χ3n) is 2.87. The van der Waals surface area contributed by atoms with Crippen LogP contribution in [0.2, 0.25) is 0 Å². The average molecular weight is 205 g/mol. The van der Waals surface area contributed by atoms with Crippen molar-refractivity contribution in [3.8, 4) is 0 Å². The molecule has 1 atom stereocenters. The second-order valence-corrected chi connectivity index (χ2v) is 4.48. The Morgan fingerprint density at radius 1 is 1.07 bits per heavy atom. The van der Waals surface area contributed by atoms with Crippen molar-refractivity contribution in [1.29, 1.82) is 0 Å². The lowest BCUT2D eigenvalue weighted by molar-refractivity contribution is 0.575. The molecule has 0 radical (unpaired) electrons. The predicted molar refractivity (Wildman–Crippen MR) is 67.2 cm³/mol. The van der Waals surface area contributed by atoms with Crippen LogP contribution in [0.1, 0.15) is 48.8 Å². The van der Waals surface area contributed by atoms with Gasteiger partial charge in [0.2, 0.25) is 0 Å². The van der Waals surface area contributed by atoms with Crippen molar-refractivity contribution < 1.29 is 0 Å². The first-order valence-corrected chi connectivity index (χ1v) is 5.95. The highest BCUT2D eigenvalue weighted by Crippen LogP contribution is 2.26. The van der Waals surface area contributed by atoms with Crippen molar-refractivity contribution >= 4 is 0 Å². The smallest absolute Gasteiger partial charge is 0.00714 e. The molecule has 1 unspecified atom stereocenters. The average Bonchev–Trinajstić information content (AvgIpc) is 2.16. The Labute approximate surface area is 93.7 Å². The molecule has 1 heteroatoms. The molecular weight excluding hydrogens is 182 g/mol. The standard InChI is InChI=1S/C14H23N/c1-4-5-13(6-7-15)14-9-11(2)8-12(3)10-14/h8-10,13H,4-7,15H2,1-3H3. The minimum atomic E-state index is 0.651. The SMILES string of the molecule is CCCC(CCN)c1cc(C)cc(C)c1. The van der Waals surface area contributed by atoms with Crippen LogP contribution in [-0.2, 0) is 0 Å². The molecule has 1 aromatic carbocycles. The molecule has 1 nitrogen and oxygen atoms in total. The molecule has 0 heterocycles. The van der Waals surface area contributed by atoms with E-state index in [9.17, 15) is 0 Å². The summed E-state index contributed by atoms with van der Waals surface area (Å²) in [4.78, 5) is 0. The molecule has 0 fully saturated rings. The molecule has 2 N–H and O–H groups in total. The van der Waals surface area contributed by atoms with E-state index in [0.717, 1.165) is 13.0 Å². The maximum absolute atomic E-state index is 5.67. The van der Waals surface area contributed by atoms with Crippen molar-refractivity contribution in [3.05, 3.63) is 34.9 Å². The second kappa shape index (κ2) is 5.92. The lowest BCUT2D eigenvalue weighted by atomic mass is 9.89. The fourth-order valence-corrected chi connectivity index (χ4v) is 2.27. The van der Waals surface area contributed by atoms with E-state index in [1.807, 2.05) is 0 Å². The quantitative estimate of drug-likeness (QED) is 0.781. The van der Waals surface area contributed by atoms with Crippen molar-refractivity contribution in [2.45, 2.75) is 46.0 Å². The highest BCUT2D eigenvalue weighted by Gasteiger charge is 2.10. The number of benzene rings is 1. The summed E-state index contributed by atoms with van der Waals surface area (Å²) in [6.45, 7) is 7.37. The zero-order chi connectivity index (χ0) is 11.3. The van der Waals surface area contributed by atoms with E-state index < -0.39 is 0 Å². The van der Waals surface area contributed by atoms with E-state index in [0.29, 0.717) is 5.92 Å². The fourth-order valence-electron chi connectivity index (χ4n) is 2.27. The highest BCUT2D eigenvalue weighted by molar-refractivity contribution is 5.31. The van der Waals surface area contributed by atoms with Gasteiger partial charge in [-0.15, -0.1) is 0 Å². The first-order valence-electron chi connectivity index (χ1n) is 5.95. The van der Waals surface area contributed by atoms with E-state index in [1.165, 1.54) is 29.5 Å². The van der Waals surface area contributed by atoms with Crippen molar-refractivity contribution in [3.63, 3.8) is 0 Å². The van der Waals surface area contributed by atoms with Crippen LogP contribution in [-0.4, -0.2) is 6.54 Å². The summed E-state index contributed by atoms with van der Waals surface area (Å²) in [6, 6.07) is 6.85. The molecule has 0 aliphatic rings. The van der Waals surface area contributed by atoms with Crippen LogP contribution in [0.5, 0.6) is 0 Å². The van der Waals surface area contributed by atoms with Gasteiger partial charge in [-0.1, -0.05) is 42.7 Å². The summed E-state index contributed by atoms with van der Waals surface area (Å²) in [6.07, 6.45) is 3.59. The van der Waals surface area contributed by atoms with E-state index >= 15 is 0 Å². The van der Waals surface area contributed by atoms with Gasteiger partial charge in [-0.3, -0.25) is 0 Å². The molecule has 1 rings (SSSR count). The van der Waals surface area contributed by atoms with Gasteiger partial charge in [0, 0.05) is 0 Å². The first kappa shape index (κ1) is 12.3. The fraction of sp³-hybridized carbons (Fsp3) is 0.571. The van der Waals surface area contributed by atoms with Gasteiger partial charge in [-0.2, -0.15) is 0 Å². The van der Waals surface area contributed by atoms with Crippen molar-refractivity contribution in [1.82, 2.24) is 0 Å².